The maximum absolute atomic E-state index is 12.7. The van der Waals surface area contributed by atoms with Crippen molar-refractivity contribution in [3.05, 3.63) is 72.8 Å². The van der Waals surface area contributed by atoms with Crippen molar-refractivity contribution in [3.63, 3.8) is 0 Å². The Kier molecular flexibility index (Phi) is 5.73. The molecule has 0 atom stereocenters. The van der Waals surface area contributed by atoms with Crippen LogP contribution in [0.3, 0.4) is 0 Å². The fraction of sp³-hybridized carbons (Fsp3) is 0.148. The Balaban J connectivity index is 1.14. The Bertz CT molecular complexity index is 1600. The highest BCUT2D eigenvalue weighted by molar-refractivity contribution is 6.24. The van der Waals surface area contributed by atoms with Gasteiger partial charge in [-0.05, 0) is 55.3 Å². The number of pyridine rings is 2. The lowest BCUT2D eigenvalue weighted by Crippen LogP contribution is -2.71. The highest BCUT2D eigenvalue weighted by atomic mass is 16.5. The summed E-state index contributed by atoms with van der Waals surface area (Å²) in [5.74, 6) is -0.0253. The number of carbonyl (C=O) groups excluding carboxylic acids is 3. The molecule has 0 aliphatic carbocycles. The predicted octanol–water partition coefficient (Wildman–Crippen LogP) is 3.17. The van der Waals surface area contributed by atoms with Crippen molar-refractivity contribution < 1.29 is 23.5 Å². The van der Waals surface area contributed by atoms with Crippen LogP contribution in [0.15, 0.2) is 71.6 Å². The Morgan fingerprint density at radius 3 is 2.41 bits per heavy atom. The highest BCUT2D eigenvalue weighted by Gasteiger charge is 2.57. The van der Waals surface area contributed by atoms with Gasteiger partial charge in [0.1, 0.15) is 23.8 Å². The minimum atomic E-state index is -1.48. The molecule has 6 rings (SSSR count). The summed E-state index contributed by atoms with van der Waals surface area (Å²) in [7, 11) is 0. The smallest absolute Gasteiger partial charge is 0.328 e. The second-order valence-electron chi connectivity index (χ2n) is 8.92. The topological polar surface area (TPSA) is 163 Å². The predicted molar refractivity (Wildman–Crippen MR) is 135 cm³/mol. The van der Waals surface area contributed by atoms with Crippen LogP contribution in [0.1, 0.15) is 18.4 Å². The summed E-state index contributed by atoms with van der Waals surface area (Å²) in [6, 6.07) is 15.0. The summed E-state index contributed by atoms with van der Waals surface area (Å²) in [5.41, 5.74) is 1.41. The molecule has 4 amide bonds. The van der Waals surface area contributed by atoms with E-state index in [0.29, 0.717) is 59.5 Å². The van der Waals surface area contributed by atoms with E-state index in [0.717, 1.165) is 5.56 Å². The van der Waals surface area contributed by atoms with Gasteiger partial charge in [0.25, 0.3) is 11.8 Å². The minimum Gasteiger partial charge on any atom is -0.444 e. The molecule has 192 valence electrons. The lowest BCUT2D eigenvalue weighted by atomic mass is 9.92. The number of ether oxygens (including phenoxy) is 1. The first-order chi connectivity index (χ1) is 19.0. The second kappa shape index (κ2) is 9.38. The normalized spacial score (nSPS) is 16.1. The Hall–Kier alpha value is -5.57. The molecule has 2 N–H and O–H groups in total. The van der Waals surface area contributed by atoms with E-state index in [9.17, 15) is 14.4 Å². The number of oxazole rings is 1. The number of nitrogens with one attached hydrogen (secondary N) is 2. The average molecular weight is 521 g/mol. The van der Waals surface area contributed by atoms with Crippen LogP contribution in [-0.4, -0.2) is 44.9 Å². The first-order valence-electron chi connectivity index (χ1n) is 12.0. The van der Waals surface area contributed by atoms with Gasteiger partial charge in [0.05, 0.1) is 23.1 Å². The van der Waals surface area contributed by atoms with E-state index >= 15 is 0 Å². The fourth-order valence-electron chi connectivity index (χ4n) is 4.70. The molecule has 2 aliphatic heterocycles. The number of hydrogen-bond acceptors (Lipinski definition) is 10. The molecule has 2 aliphatic rings. The number of hydrogen-bond donors (Lipinski definition) is 2. The minimum absolute atomic E-state index is 0.290. The summed E-state index contributed by atoms with van der Waals surface area (Å²) in [5, 5.41) is 13.3. The van der Waals surface area contributed by atoms with E-state index in [-0.39, 0.29) is 0 Å². The van der Waals surface area contributed by atoms with Gasteiger partial charge in [-0.15, -0.1) is 0 Å². The quantitative estimate of drug-likeness (QED) is 0.373. The first kappa shape index (κ1) is 23.8. The molecular weight excluding hydrogens is 502 g/mol. The van der Waals surface area contributed by atoms with Gasteiger partial charge in [0.2, 0.25) is 11.8 Å². The molecule has 1 spiro atoms. The third kappa shape index (κ3) is 4.21. The van der Waals surface area contributed by atoms with Crippen LogP contribution in [0.4, 0.5) is 10.5 Å². The van der Waals surface area contributed by atoms with Crippen LogP contribution in [0.2, 0.25) is 0 Å². The number of urea groups is 1. The number of benzene rings is 1. The summed E-state index contributed by atoms with van der Waals surface area (Å²) in [6.45, 7) is 0.460. The number of amides is 4. The molecule has 2 saturated heterocycles. The van der Waals surface area contributed by atoms with E-state index in [1.165, 1.54) is 18.7 Å². The van der Waals surface area contributed by atoms with Gasteiger partial charge >= 0.3 is 6.03 Å². The summed E-state index contributed by atoms with van der Waals surface area (Å²) >= 11 is 0. The molecule has 0 bridgehead atoms. The van der Waals surface area contributed by atoms with Crippen LogP contribution >= 0.6 is 0 Å². The van der Waals surface area contributed by atoms with Gasteiger partial charge in [-0.2, -0.15) is 5.26 Å². The molecule has 0 radical (unpaired) electrons. The lowest BCUT2D eigenvalue weighted by Gasteiger charge is -2.38. The van der Waals surface area contributed by atoms with Gasteiger partial charge in [-0.3, -0.25) is 25.2 Å². The number of aromatic nitrogens is 3. The molecule has 12 heteroatoms. The van der Waals surface area contributed by atoms with Crippen molar-refractivity contribution in [2.75, 3.05) is 11.4 Å². The van der Waals surface area contributed by atoms with Crippen LogP contribution in [0.25, 0.3) is 22.8 Å². The van der Waals surface area contributed by atoms with Gasteiger partial charge in [-0.25, -0.2) is 14.8 Å². The number of imide groups is 2. The Morgan fingerprint density at radius 2 is 1.74 bits per heavy atom. The Labute approximate surface area is 221 Å². The molecule has 2 fully saturated rings. The molecule has 1 aromatic carbocycles. The summed E-state index contributed by atoms with van der Waals surface area (Å²) < 4.78 is 11.5. The van der Waals surface area contributed by atoms with Crippen molar-refractivity contribution in [3.8, 4) is 40.5 Å². The summed E-state index contributed by atoms with van der Waals surface area (Å²) in [6.07, 6.45) is 5.40. The Morgan fingerprint density at radius 1 is 0.949 bits per heavy atom. The molecule has 39 heavy (non-hydrogen) atoms. The average Bonchev–Trinajstić information content (AvgIpc) is 3.62. The standard InChI is InChI=1S/C27H19N7O5/c28-12-16-2-8-20(29-13-16)21-15-38-23(31-21)17-3-6-19(7-4-17)39-22-9-5-18(14-30-22)34-11-1-10-27(34)24(35)32-26(37)33-25(27)36/h2-9,13-15H,1,10-11H2,(H2,32,33,35,36,37). The van der Waals surface area contributed by atoms with Crippen molar-refractivity contribution in [2.24, 2.45) is 0 Å². The first-order valence-corrected chi connectivity index (χ1v) is 12.0. The van der Waals surface area contributed by atoms with Crippen molar-refractivity contribution in [1.82, 2.24) is 25.6 Å². The van der Waals surface area contributed by atoms with Crippen LogP contribution in [0, 0.1) is 11.3 Å². The maximum atomic E-state index is 12.7. The van der Waals surface area contributed by atoms with Gasteiger partial charge in [-0.1, -0.05) is 0 Å². The largest absolute Gasteiger partial charge is 0.444 e. The van der Waals surface area contributed by atoms with Gasteiger partial charge < -0.3 is 14.1 Å². The second-order valence-corrected chi connectivity index (χ2v) is 8.92. The molecule has 5 heterocycles. The van der Waals surface area contributed by atoms with E-state index in [2.05, 4.69) is 25.6 Å². The number of barbiturate groups is 1. The third-order valence-corrected chi connectivity index (χ3v) is 6.60. The van der Waals surface area contributed by atoms with Crippen molar-refractivity contribution >= 4 is 23.5 Å². The van der Waals surface area contributed by atoms with Crippen LogP contribution in [0.5, 0.6) is 11.6 Å². The molecule has 0 saturated carbocycles. The molecule has 3 aromatic heterocycles. The molecular formula is C27H19N7O5. The monoisotopic (exact) mass is 521 g/mol. The van der Waals surface area contributed by atoms with E-state index < -0.39 is 23.4 Å². The zero-order chi connectivity index (χ0) is 27.0. The van der Waals surface area contributed by atoms with E-state index in [1.54, 1.807) is 53.4 Å². The van der Waals surface area contributed by atoms with E-state index in [1.807, 2.05) is 6.07 Å². The zero-order valence-electron chi connectivity index (χ0n) is 20.2. The molecule has 0 unspecified atom stereocenters. The highest BCUT2D eigenvalue weighted by Crippen LogP contribution is 2.36. The van der Waals surface area contributed by atoms with Crippen LogP contribution in [-0.2, 0) is 9.59 Å². The molecule has 4 aromatic rings. The van der Waals surface area contributed by atoms with Crippen molar-refractivity contribution in [2.45, 2.75) is 18.4 Å². The summed E-state index contributed by atoms with van der Waals surface area (Å²) in [4.78, 5) is 51.5. The van der Waals surface area contributed by atoms with Crippen LogP contribution < -0.4 is 20.3 Å². The van der Waals surface area contributed by atoms with Gasteiger partial charge in [0.15, 0.2) is 5.54 Å². The number of nitrogens with zero attached hydrogens (tertiary/aromatic N) is 5. The number of anilines is 1. The lowest BCUT2D eigenvalue weighted by molar-refractivity contribution is -0.137. The number of carbonyl (C=O) groups is 3. The zero-order valence-corrected chi connectivity index (χ0v) is 20.2. The number of nitriles is 1. The van der Waals surface area contributed by atoms with Gasteiger partial charge in [0, 0.05) is 24.4 Å². The maximum Gasteiger partial charge on any atom is 0.328 e. The van der Waals surface area contributed by atoms with E-state index in [4.69, 9.17) is 14.4 Å². The van der Waals surface area contributed by atoms with Crippen molar-refractivity contribution in [1.29, 1.82) is 5.26 Å². The SMILES string of the molecule is N#Cc1ccc(-c2coc(-c3ccc(Oc4ccc(N5CCCC56C(=O)NC(=O)NC6=O)cn4)cc3)n2)nc1. The molecule has 12 nitrogen and oxygen atoms in total. The number of rotatable bonds is 5. The third-order valence-electron chi connectivity index (χ3n) is 6.60. The fourth-order valence-corrected chi connectivity index (χ4v) is 4.70.